The first-order chi connectivity index (χ1) is 15.1. The van der Waals surface area contributed by atoms with Gasteiger partial charge in [-0.2, -0.15) is 18.2 Å². The van der Waals surface area contributed by atoms with Crippen molar-refractivity contribution in [3.8, 4) is 11.3 Å². The number of nitrogens with zero attached hydrogens (tertiary/aromatic N) is 5. The number of piperazine rings is 1. The van der Waals surface area contributed by atoms with Gasteiger partial charge >= 0.3 is 6.18 Å². The Balaban J connectivity index is 1.82. The number of rotatable bonds is 3. The summed E-state index contributed by atoms with van der Waals surface area (Å²) < 4.78 is 42.1. The van der Waals surface area contributed by atoms with Crippen LogP contribution in [0, 0.1) is 0 Å². The van der Waals surface area contributed by atoms with E-state index in [1.807, 2.05) is 4.90 Å². The highest BCUT2D eigenvalue weighted by molar-refractivity contribution is 5.85. The Kier molecular flexibility index (Phi) is 5.76. The lowest BCUT2D eigenvalue weighted by Gasteiger charge is -2.39. The number of benzene rings is 1. The lowest BCUT2D eigenvalue weighted by atomic mass is 9.98. The van der Waals surface area contributed by atoms with E-state index >= 15 is 0 Å². The van der Waals surface area contributed by atoms with Crippen molar-refractivity contribution in [2.75, 3.05) is 38.1 Å². The molecule has 2 aromatic rings. The Hall–Kier alpha value is -2.85. The molecule has 4 N–H and O–H groups in total. The number of halogens is 3. The SMILES string of the molecule is CC(C)N1CCN(c2cccc(C(F)(F)F)c2-c2ccc3c(n2)N=C(N)N(C)C3N)CC1. The molecule has 0 amide bonds. The third kappa shape index (κ3) is 4.00. The van der Waals surface area contributed by atoms with E-state index in [0.717, 1.165) is 19.2 Å². The van der Waals surface area contributed by atoms with E-state index in [4.69, 9.17) is 11.5 Å². The van der Waals surface area contributed by atoms with Gasteiger partial charge in [0.1, 0.15) is 6.17 Å². The van der Waals surface area contributed by atoms with Crippen LogP contribution in [0.1, 0.15) is 31.1 Å². The highest BCUT2D eigenvalue weighted by atomic mass is 19.4. The average Bonchev–Trinajstić information content (AvgIpc) is 2.76. The van der Waals surface area contributed by atoms with Crippen molar-refractivity contribution in [1.82, 2.24) is 14.8 Å². The van der Waals surface area contributed by atoms with Crippen molar-refractivity contribution in [2.24, 2.45) is 16.5 Å². The van der Waals surface area contributed by atoms with Crippen LogP contribution >= 0.6 is 0 Å². The van der Waals surface area contributed by atoms with Crippen molar-refractivity contribution in [2.45, 2.75) is 32.2 Å². The molecule has 7 nitrogen and oxygen atoms in total. The highest BCUT2D eigenvalue weighted by Crippen LogP contribution is 2.43. The van der Waals surface area contributed by atoms with Crippen LogP contribution in [-0.2, 0) is 6.18 Å². The summed E-state index contributed by atoms with van der Waals surface area (Å²) in [6, 6.07) is 7.95. The number of aliphatic imine (C=N–C) groups is 1. The van der Waals surface area contributed by atoms with Gasteiger partial charge < -0.3 is 21.3 Å². The van der Waals surface area contributed by atoms with E-state index in [0.29, 0.717) is 30.4 Å². The number of guanidine groups is 1. The Morgan fingerprint density at radius 3 is 2.38 bits per heavy atom. The topological polar surface area (TPSA) is 87.0 Å². The second-order valence-corrected chi connectivity index (χ2v) is 8.45. The first kappa shape index (κ1) is 22.3. The van der Waals surface area contributed by atoms with Gasteiger partial charge in [-0.1, -0.05) is 6.07 Å². The predicted molar refractivity (Wildman–Crippen MR) is 120 cm³/mol. The largest absolute Gasteiger partial charge is 0.417 e. The van der Waals surface area contributed by atoms with E-state index in [2.05, 4.69) is 28.7 Å². The number of hydrogen-bond donors (Lipinski definition) is 2. The Bertz CT molecular complexity index is 1030. The molecule has 0 bridgehead atoms. The molecule has 10 heteroatoms. The van der Waals surface area contributed by atoms with Crippen LogP contribution < -0.4 is 16.4 Å². The lowest BCUT2D eigenvalue weighted by Crippen LogP contribution is -2.49. The molecule has 0 spiro atoms. The van der Waals surface area contributed by atoms with Gasteiger partial charge in [0, 0.05) is 56.1 Å². The third-order valence-corrected chi connectivity index (χ3v) is 6.21. The number of fused-ring (bicyclic) bond motifs is 1. The second-order valence-electron chi connectivity index (χ2n) is 8.45. The lowest BCUT2D eigenvalue weighted by molar-refractivity contribution is -0.137. The summed E-state index contributed by atoms with van der Waals surface area (Å²) in [6.45, 7) is 7.09. The number of aromatic nitrogens is 1. The summed E-state index contributed by atoms with van der Waals surface area (Å²) in [5.74, 6) is 0.418. The number of alkyl halides is 3. The van der Waals surface area contributed by atoms with Gasteiger partial charge in [0.05, 0.1) is 11.3 Å². The molecule has 1 aromatic carbocycles. The molecule has 1 atom stereocenters. The average molecular weight is 448 g/mol. The summed E-state index contributed by atoms with van der Waals surface area (Å²) >= 11 is 0. The van der Waals surface area contributed by atoms with Crippen molar-refractivity contribution in [1.29, 1.82) is 0 Å². The number of hydrogen-bond acceptors (Lipinski definition) is 7. The van der Waals surface area contributed by atoms with Gasteiger partial charge in [0.25, 0.3) is 0 Å². The van der Waals surface area contributed by atoms with Crippen LogP contribution in [0.25, 0.3) is 11.3 Å². The highest BCUT2D eigenvalue weighted by Gasteiger charge is 2.37. The van der Waals surface area contributed by atoms with Crippen molar-refractivity contribution >= 4 is 17.5 Å². The fourth-order valence-electron chi connectivity index (χ4n) is 4.25. The van der Waals surface area contributed by atoms with Crippen LogP contribution in [0.4, 0.5) is 24.7 Å². The first-order valence-corrected chi connectivity index (χ1v) is 10.6. The Morgan fingerprint density at radius 2 is 1.75 bits per heavy atom. The molecule has 2 aliphatic heterocycles. The van der Waals surface area contributed by atoms with Crippen molar-refractivity contribution in [3.63, 3.8) is 0 Å². The molecule has 1 unspecified atom stereocenters. The van der Waals surface area contributed by atoms with Crippen LogP contribution in [0.5, 0.6) is 0 Å². The van der Waals surface area contributed by atoms with Crippen molar-refractivity contribution in [3.05, 3.63) is 41.5 Å². The van der Waals surface area contributed by atoms with Gasteiger partial charge in [-0.3, -0.25) is 4.90 Å². The molecule has 0 saturated carbocycles. The van der Waals surface area contributed by atoms with Crippen LogP contribution in [0.15, 0.2) is 35.3 Å². The van der Waals surface area contributed by atoms with Crippen LogP contribution in [0.2, 0.25) is 0 Å². The second kappa shape index (κ2) is 8.25. The minimum atomic E-state index is -4.53. The molecule has 3 heterocycles. The molecular weight excluding hydrogens is 419 g/mol. The van der Waals surface area contributed by atoms with E-state index < -0.39 is 17.9 Å². The molecular formula is C22H28F3N7. The standard InChI is InChI=1S/C22H28F3N7/c1-13(2)31-9-11-32(12-10-31)17-6-4-5-15(22(23,24)25)18(17)16-8-7-14-19(26)30(3)21(27)29-20(14)28-16/h4-8,13,19H,9-12,26H2,1-3H3,(H2,27,28,29). The number of nitrogens with two attached hydrogens (primary N) is 2. The molecule has 4 rings (SSSR count). The predicted octanol–water partition coefficient (Wildman–Crippen LogP) is 3.15. The normalized spacial score (nSPS) is 19.9. The van der Waals surface area contributed by atoms with Gasteiger partial charge in [-0.25, -0.2) is 4.98 Å². The minimum Gasteiger partial charge on any atom is -0.369 e. The van der Waals surface area contributed by atoms with E-state index in [9.17, 15) is 13.2 Å². The summed E-state index contributed by atoms with van der Waals surface area (Å²) in [7, 11) is 1.70. The molecule has 1 fully saturated rings. The fraction of sp³-hybridized carbons (Fsp3) is 0.455. The summed E-state index contributed by atoms with van der Waals surface area (Å²) in [5, 5.41) is 0. The zero-order valence-electron chi connectivity index (χ0n) is 18.4. The molecule has 172 valence electrons. The monoisotopic (exact) mass is 447 g/mol. The number of anilines is 1. The molecule has 2 aliphatic rings. The summed E-state index contributed by atoms with van der Waals surface area (Å²) in [4.78, 5) is 14.6. The molecule has 0 aliphatic carbocycles. The van der Waals surface area contributed by atoms with E-state index in [1.165, 1.54) is 6.07 Å². The van der Waals surface area contributed by atoms with E-state index in [-0.39, 0.29) is 23.0 Å². The summed E-state index contributed by atoms with van der Waals surface area (Å²) in [5.41, 5.74) is 12.8. The first-order valence-electron chi connectivity index (χ1n) is 10.6. The smallest absolute Gasteiger partial charge is 0.369 e. The van der Waals surface area contributed by atoms with Crippen molar-refractivity contribution < 1.29 is 13.2 Å². The van der Waals surface area contributed by atoms with Gasteiger partial charge in [0.2, 0.25) is 0 Å². The van der Waals surface area contributed by atoms with Gasteiger partial charge in [0.15, 0.2) is 11.8 Å². The zero-order chi connectivity index (χ0) is 23.2. The minimum absolute atomic E-state index is 0.0575. The molecule has 1 saturated heterocycles. The van der Waals surface area contributed by atoms with Crippen LogP contribution in [0.3, 0.4) is 0 Å². The molecule has 32 heavy (non-hydrogen) atoms. The quantitative estimate of drug-likeness (QED) is 0.752. The van der Waals surface area contributed by atoms with E-state index in [1.54, 1.807) is 30.1 Å². The fourth-order valence-corrected chi connectivity index (χ4v) is 4.25. The maximum atomic E-state index is 14.0. The Labute approximate surface area is 185 Å². The summed E-state index contributed by atoms with van der Waals surface area (Å²) in [6.07, 6.45) is -5.09. The molecule has 1 aromatic heterocycles. The maximum Gasteiger partial charge on any atom is 0.417 e. The third-order valence-electron chi connectivity index (χ3n) is 6.21. The maximum absolute atomic E-state index is 14.0. The van der Waals surface area contributed by atoms with Gasteiger partial charge in [-0.05, 0) is 38.1 Å². The Morgan fingerprint density at radius 1 is 1.06 bits per heavy atom. The zero-order valence-corrected chi connectivity index (χ0v) is 18.4. The van der Waals surface area contributed by atoms with Gasteiger partial charge in [-0.15, -0.1) is 0 Å². The number of pyridine rings is 1. The molecule has 0 radical (unpaired) electrons. The van der Waals surface area contributed by atoms with Crippen LogP contribution in [-0.4, -0.2) is 60.0 Å².